The van der Waals surface area contributed by atoms with Crippen LogP contribution in [-0.4, -0.2) is 29.9 Å². The minimum Gasteiger partial charge on any atom is -0.368 e. The summed E-state index contributed by atoms with van der Waals surface area (Å²) in [7, 11) is 0. The summed E-state index contributed by atoms with van der Waals surface area (Å²) in [5.41, 5.74) is 22.9. The number of nitrogen functional groups attached to an aromatic ring is 4. The van der Waals surface area contributed by atoms with Crippen LogP contribution in [0, 0.1) is 0 Å². The lowest BCUT2D eigenvalue weighted by Gasteiger charge is -1.98. The lowest BCUT2D eigenvalue weighted by molar-refractivity contribution is 1.09. The third-order valence-corrected chi connectivity index (χ3v) is 9.85. The molecular formula is C22H16N10S4. The van der Waals surface area contributed by atoms with E-state index in [0.717, 1.165) is 29.3 Å². The van der Waals surface area contributed by atoms with E-state index >= 15 is 0 Å². The van der Waals surface area contributed by atoms with Crippen molar-refractivity contribution >= 4 is 69.1 Å². The molecule has 0 spiro atoms. The first-order valence-electron chi connectivity index (χ1n) is 10.4. The monoisotopic (exact) mass is 548 g/mol. The van der Waals surface area contributed by atoms with E-state index in [1.807, 2.05) is 12.1 Å². The third kappa shape index (κ3) is 4.37. The maximum Gasteiger partial charge on any atom is 0.225 e. The number of thiophene rings is 4. The summed E-state index contributed by atoms with van der Waals surface area (Å²) in [4.78, 5) is 33.2. The first-order chi connectivity index (χ1) is 17.4. The van der Waals surface area contributed by atoms with Crippen LogP contribution in [0.2, 0.25) is 0 Å². The van der Waals surface area contributed by atoms with Crippen molar-refractivity contribution in [3.8, 4) is 50.7 Å². The molecule has 6 rings (SSSR count). The fourth-order valence-corrected chi connectivity index (χ4v) is 7.59. The van der Waals surface area contributed by atoms with Crippen molar-refractivity contribution in [2.24, 2.45) is 0 Å². The molecule has 6 aromatic rings. The molecule has 0 aromatic carbocycles. The van der Waals surface area contributed by atoms with Crippen molar-refractivity contribution in [2.45, 2.75) is 0 Å². The van der Waals surface area contributed by atoms with E-state index in [0.29, 0.717) is 11.6 Å². The molecule has 14 heteroatoms. The highest BCUT2D eigenvalue weighted by atomic mass is 32.1. The highest BCUT2D eigenvalue weighted by molar-refractivity contribution is 7.29. The lowest BCUT2D eigenvalue weighted by atomic mass is 10.3. The number of nitrogens with zero attached hydrogens (tertiary/aromatic N) is 6. The summed E-state index contributed by atoms with van der Waals surface area (Å²) >= 11 is 6.64. The van der Waals surface area contributed by atoms with Gasteiger partial charge < -0.3 is 22.9 Å². The van der Waals surface area contributed by atoms with E-state index in [-0.39, 0.29) is 23.8 Å². The zero-order valence-corrected chi connectivity index (χ0v) is 21.5. The van der Waals surface area contributed by atoms with Crippen LogP contribution in [-0.2, 0) is 0 Å². The lowest BCUT2D eigenvalue weighted by Crippen LogP contribution is -2.03. The fourth-order valence-electron chi connectivity index (χ4n) is 3.43. The van der Waals surface area contributed by atoms with Gasteiger partial charge in [0.2, 0.25) is 23.8 Å². The zero-order chi connectivity index (χ0) is 24.8. The molecule has 0 aliphatic carbocycles. The van der Waals surface area contributed by atoms with E-state index in [9.17, 15) is 0 Å². The summed E-state index contributed by atoms with van der Waals surface area (Å²) < 4.78 is 0. The molecule has 0 bridgehead atoms. The summed E-state index contributed by atoms with van der Waals surface area (Å²) in [6, 6.07) is 16.6. The van der Waals surface area contributed by atoms with Gasteiger partial charge in [-0.2, -0.15) is 29.9 Å². The van der Waals surface area contributed by atoms with E-state index in [1.54, 1.807) is 45.3 Å². The van der Waals surface area contributed by atoms with Gasteiger partial charge in [0.25, 0.3) is 0 Å². The van der Waals surface area contributed by atoms with Crippen molar-refractivity contribution in [1.82, 2.24) is 29.9 Å². The van der Waals surface area contributed by atoms with E-state index in [4.69, 9.17) is 22.9 Å². The van der Waals surface area contributed by atoms with Gasteiger partial charge in [0.05, 0.1) is 9.75 Å². The maximum atomic E-state index is 5.72. The molecule has 0 amide bonds. The average Bonchev–Trinajstić information content (AvgIpc) is 3.64. The second-order valence-corrected chi connectivity index (χ2v) is 11.7. The molecule has 0 fully saturated rings. The van der Waals surface area contributed by atoms with Crippen molar-refractivity contribution in [1.29, 1.82) is 0 Å². The van der Waals surface area contributed by atoms with Crippen LogP contribution < -0.4 is 22.9 Å². The summed E-state index contributed by atoms with van der Waals surface area (Å²) in [5.74, 6) is 1.40. The second-order valence-electron chi connectivity index (χ2n) is 7.41. The van der Waals surface area contributed by atoms with Crippen molar-refractivity contribution in [2.75, 3.05) is 22.9 Å². The third-order valence-electron chi connectivity index (χ3n) is 4.93. The molecule has 0 saturated heterocycles. The Morgan fingerprint density at radius 3 is 0.833 bits per heavy atom. The standard InChI is InChI=1S/C22H16N10S4/c23-19-27-17(28-20(24)31-19)15-7-5-13(35-15)11-3-1-9(33-11)10-2-4-12(34-10)14-6-8-16(36-14)18-29-21(25)32-22(26)30-18/h1-8H,(H4,23,24,27,28,31)(H4,25,26,29,30,32). The SMILES string of the molecule is Nc1nc(N)nc(-c2ccc(-c3ccc(-c4ccc(-c5ccc(-c6nc(N)nc(N)n6)s5)s4)s3)s2)n1. The number of rotatable bonds is 5. The molecule has 36 heavy (non-hydrogen) atoms. The summed E-state index contributed by atoms with van der Waals surface area (Å²) in [6.45, 7) is 0. The van der Waals surface area contributed by atoms with Gasteiger partial charge in [-0.3, -0.25) is 0 Å². The average molecular weight is 549 g/mol. The molecule has 6 heterocycles. The van der Waals surface area contributed by atoms with Crippen LogP contribution in [0.4, 0.5) is 23.8 Å². The Morgan fingerprint density at radius 2 is 0.556 bits per heavy atom. The van der Waals surface area contributed by atoms with Gasteiger partial charge in [0, 0.05) is 29.3 Å². The van der Waals surface area contributed by atoms with Crippen LogP contribution in [0.3, 0.4) is 0 Å². The predicted molar refractivity (Wildman–Crippen MR) is 150 cm³/mol. The highest BCUT2D eigenvalue weighted by Gasteiger charge is 2.15. The Labute approximate surface area is 220 Å². The first-order valence-corrected chi connectivity index (χ1v) is 13.6. The minimum atomic E-state index is 0.110. The Kier molecular flexibility index (Phi) is 5.56. The Hall–Kier alpha value is -3.98. The van der Waals surface area contributed by atoms with Crippen molar-refractivity contribution in [3.63, 3.8) is 0 Å². The molecule has 0 aliphatic rings. The molecule has 10 nitrogen and oxygen atoms in total. The molecular weight excluding hydrogens is 533 g/mol. The summed E-state index contributed by atoms with van der Waals surface area (Å²) in [6.07, 6.45) is 0. The zero-order valence-electron chi connectivity index (χ0n) is 18.2. The highest BCUT2D eigenvalue weighted by Crippen LogP contribution is 2.44. The molecule has 0 aliphatic heterocycles. The number of anilines is 4. The Morgan fingerprint density at radius 1 is 0.333 bits per heavy atom. The number of hydrogen-bond donors (Lipinski definition) is 4. The smallest absolute Gasteiger partial charge is 0.225 e. The van der Waals surface area contributed by atoms with Gasteiger partial charge in [0.15, 0.2) is 11.6 Å². The fraction of sp³-hybridized carbons (Fsp3) is 0. The van der Waals surface area contributed by atoms with E-state index < -0.39 is 0 Å². The molecule has 178 valence electrons. The van der Waals surface area contributed by atoms with Crippen molar-refractivity contribution < 1.29 is 0 Å². The molecule has 0 radical (unpaired) electrons. The topological polar surface area (TPSA) is 181 Å². The first kappa shape index (κ1) is 22.5. The van der Waals surface area contributed by atoms with Crippen LogP contribution >= 0.6 is 45.3 Å². The normalized spacial score (nSPS) is 11.2. The van der Waals surface area contributed by atoms with Gasteiger partial charge in [-0.15, -0.1) is 45.3 Å². The molecule has 0 atom stereocenters. The number of aromatic nitrogens is 6. The van der Waals surface area contributed by atoms with E-state index in [1.165, 1.54) is 9.75 Å². The maximum absolute atomic E-state index is 5.72. The van der Waals surface area contributed by atoms with Gasteiger partial charge in [-0.05, 0) is 48.5 Å². The Balaban J connectivity index is 1.24. The van der Waals surface area contributed by atoms with Crippen LogP contribution in [0.1, 0.15) is 0 Å². The van der Waals surface area contributed by atoms with Gasteiger partial charge in [-0.25, -0.2) is 0 Å². The second kappa shape index (κ2) is 8.91. The quantitative estimate of drug-likeness (QED) is 0.229. The minimum absolute atomic E-state index is 0.110. The van der Waals surface area contributed by atoms with Gasteiger partial charge >= 0.3 is 0 Å². The van der Waals surface area contributed by atoms with Crippen LogP contribution in [0.15, 0.2) is 48.5 Å². The Bertz CT molecular complexity index is 1550. The molecule has 0 saturated carbocycles. The number of hydrogen-bond acceptors (Lipinski definition) is 14. The van der Waals surface area contributed by atoms with Gasteiger partial charge in [0.1, 0.15) is 0 Å². The van der Waals surface area contributed by atoms with Gasteiger partial charge in [-0.1, -0.05) is 0 Å². The van der Waals surface area contributed by atoms with Crippen LogP contribution in [0.25, 0.3) is 50.7 Å². The molecule has 0 unspecified atom stereocenters. The van der Waals surface area contributed by atoms with E-state index in [2.05, 4.69) is 66.3 Å². The van der Waals surface area contributed by atoms with Crippen LogP contribution in [0.5, 0.6) is 0 Å². The predicted octanol–water partition coefficient (Wildman–Crippen LogP) is 4.97. The molecule has 6 aromatic heterocycles. The largest absolute Gasteiger partial charge is 0.368 e. The van der Waals surface area contributed by atoms with Crippen molar-refractivity contribution in [3.05, 3.63) is 48.5 Å². The molecule has 8 N–H and O–H groups in total. The summed E-state index contributed by atoms with van der Waals surface area (Å²) in [5, 5.41) is 0. The number of nitrogens with two attached hydrogens (primary N) is 4.